The first-order valence-electron chi connectivity index (χ1n) is 7.96. The number of ether oxygens (including phenoxy) is 1. The van der Waals surface area contributed by atoms with Crippen molar-refractivity contribution in [3.63, 3.8) is 0 Å². The average molecular weight is 290 g/mol. The van der Waals surface area contributed by atoms with E-state index >= 15 is 0 Å². The number of carbonyl (C=O) groups excluding carboxylic acids is 1. The minimum absolute atomic E-state index is 0.0432. The minimum atomic E-state index is 0.0432. The van der Waals surface area contributed by atoms with Crippen molar-refractivity contribution in [1.82, 2.24) is 10.2 Å². The summed E-state index contributed by atoms with van der Waals surface area (Å²) >= 11 is 0. The van der Waals surface area contributed by atoms with Crippen LogP contribution in [0.5, 0.6) is 5.75 Å². The molecule has 4 nitrogen and oxygen atoms in total. The predicted octanol–water partition coefficient (Wildman–Crippen LogP) is 3.43. The van der Waals surface area contributed by atoms with E-state index in [0.29, 0.717) is 19.2 Å². The predicted molar refractivity (Wildman–Crippen MR) is 84.6 cm³/mol. The fraction of sp³-hybridized carbons (Fsp3) is 0.588. The normalized spacial score (nSPS) is 15.5. The number of amides is 2. The molecule has 1 aromatic carbocycles. The van der Waals surface area contributed by atoms with Crippen LogP contribution in [-0.2, 0) is 0 Å². The first-order valence-corrected chi connectivity index (χ1v) is 7.96. The van der Waals surface area contributed by atoms with Crippen molar-refractivity contribution in [3.8, 4) is 5.75 Å². The summed E-state index contributed by atoms with van der Waals surface area (Å²) in [7, 11) is 1.91. The number of carbonyl (C=O) groups is 1. The molecular weight excluding hydrogens is 264 g/mol. The van der Waals surface area contributed by atoms with E-state index in [1.165, 1.54) is 19.3 Å². The molecule has 2 rings (SSSR count). The van der Waals surface area contributed by atoms with Gasteiger partial charge in [0.15, 0.2) is 0 Å². The number of nitrogens with zero attached hydrogens (tertiary/aromatic N) is 1. The number of benzene rings is 1. The lowest BCUT2D eigenvalue weighted by Gasteiger charge is -2.31. The third-order valence-corrected chi connectivity index (χ3v) is 4.05. The Balaban J connectivity index is 1.58. The van der Waals surface area contributed by atoms with E-state index in [-0.39, 0.29) is 6.03 Å². The molecule has 1 saturated carbocycles. The van der Waals surface area contributed by atoms with Gasteiger partial charge in [0.05, 0.1) is 6.61 Å². The van der Waals surface area contributed by atoms with E-state index in [4.69, 9.17) is 4.74 Å². The Morgan fingerprint density at radius 3 is 2.67 bits per heavy atom. The van der Waals surface area contributed by atoms with E-state index in [1.54, 1.807) is 0 Å². The fourth-order valence-electron chi connectivity index (χ4n) is 2.73. The summed E-state index contributed by atoms with van der Waals surface area (Å²) in [5.74, 6) is 0.878. The molecule has 0 aliphatic heterocycles. The van der Waals surface area contributed by atoms with Crippen LogP contribution < -0.4 is 10.1 Å². The minimum Gasteiger partial charge on any atom is -0.494 e. The van der Waals surface area contributed by atoms with Crippen LogP contribution in [0.4, 0.5) is 4.79 Å². The highest BCUT2D eigenvalue weighted by atomic mass is 16.5. The maximum Gasteiger partial charge on any atom is 0.317 e. The van der Waals surface area contributed by atoms with Crippen LogP contribution in [-0.4, -0.2) is 37.2 Å². The molecule has 1 aromatic rings. The van der Waals surface area contributed by atoms with Crippen molar-refractivity contribution in [2.45, 2.75) is 44.6 Å². The largest absolute Gasteiger partial charge is 0.494 e. The second-order valence-corrected chi connectivity index (χ2v) is 5.65. The lowest BCUT2D eigenvalue weighted by Crippen LogP contribution is -2.44. The van der Waals surface area contributed by atoms with Crippen molar-refractivity contribution in [2.24, 2.45) is 0 Å². The van der Waals surface area contributed by atoms with Gasteiger partial charge in [-0.25, -0.2) is 4.79 Å². The lowest BCUT2D eigenvalue weighted by atomic mass is 9.95. The monoisotopic (exact) mass is 290 g/mol. The molecule has 1 N–H and O–H groups in total. The van der Waals surface area contributed by atoms with Crippen molar-refractivity contribution in [2.75, 3.05) is 20.2 Å². The number of nitrogens with one attached hydrogen (secondary N) is 1. The van der Waals surface area contributed by atoms with Gasteiger partial charge >= 0.3 is 6.03 Å². The molecule has 1 aliphatic rings. The van der Waals surface area contributed by atoms with Gasteiger partial charge in [-0.3, -0.25) is 0 Å². The van der Waals surface area contributed by atoms with Gasteiger partial charge in [-0.2, -0.15) is 0 Å². The number of hydrogen-bond donors (Lipinski definition) is 1. The Labute approximate surface area is 127 Å². The Morgan fingerprint density at radius 1 is 1.24 bits per heavy atom. The van der Waals surface area contributed by atoms with E-state index in [1.807, 2.05) is 42.3 Å². The van der Waals surface area contributed by atoms with Crippen molar-refractivity contribution in [3.05, 3.63) is 30.3 Å². The van der Waals surface area contributed by atoms with Gasteiger partial charge in [0.25, 0.3) is 0 Å². The Hall–Kier alpha value is -1.71. The highest BCUT2D eigenvalue weighted by Gasteiger charge is 2.21. The van der Waals surface area contributed by atoms with Gasteiger partial charge in [0.2, 0.25) is 0 Å². The van der Waals surface area contributed by atoms with Crippen LogP contribution in [0.1, 0.15) is 38.5 Å². The zero-order valence-corrected chi connectivity index (χ0v) is 12.9. The molecule has 21 heavy (non-hydrogen) atoms. The molecule has 0 spiro atoms. The summed E-state index contributed by atoms with van der Waals surface area (Å²) in [6.07, 6.45) is 6.89. The summed E-state index contributed by atoms with van der Waals surface area (Å²) in [6, 6.07) is 10.2. The molecule has 0 heterocycles. The summed E-state index contributed by atoms with van der Waals surface area (Å²) in [5.41, 5.74) is 0. The second-order valence-electron chi connectivity index (χ2n) is 5.65. The maximum atomic E-state index is 12.0. The van der Waals surface area contributed by atoms with Gasteiger partial charge in [0, 0.05) is 19.6 Å². The van der Waals surface area contributed by atoms with Gasteiger partial charge in [-0.15, -0.1) is 0 Å². The summed E-state index contributed by atoms with van der Waals surface area (Å²) in [5, 5.41) is 2.97. The Kier molecular flexibility index (Phi) is 6.38. The lowest BCUT2D eigenvalue weighted by molar-refractivity contribution is 0.173. The van der Waals surface area contributed by atoms with Gasteiger partial charge in [0.1, 0.15) is 5.75 Å². The average Bonchev–Trinajstić information content (AvgIpc) is 2.55. The first kappa shape index (κ1) is 15.7. The fourth-order valence-corrected chi connectivity index (χ4v) is 2.73. The summed E-state index contributed by atoms with van der Waals surface area (Å²) in [6.45, 7) is 1.28. The Bertz CT molecular complexity index is 416. The molecular formula is C17H26N2O2. The van der Waals surface area contributed by atoms with Crippen molar-refractivity contribution in [1.29, 1.82) is 0 Å². The highest BCUT2D eigenvalue weighted by Crippen LogP contribution is 2.21. The molecule has 0 atom stereocenters. The van der Waals surface area contributed by atoms with Crippen LogP contribution in [0, 0.1) is 0 Å². The third-order valence-electron chi connectivity index (χ3n) is 4.05. The highest BCUT2D eigenvalue weighted by molar-refractivity contribution is 5.74. The van der Waals surface area contributed by atoms with E-state index < -0.39 is 0 Å². The number of para-hydroxylation sites is 1. The second kappa shape index (κ2) is 8.55. The summed E-state index contributed by atoms with van der Waals surface area (Å²) in [4.78, 5) is 13.9. The zero-order valence-electron chi connectivity index (χ0n) is 12.9. The van der Waals surface area contributed by atoms with E-state index in [2.05, 4.69) is 5.32 Å². The topological polar surface area (TPSA) is 41.6 Å². The molecule has 1 aliphatic carbocycles. The molecule has 0 aromatic heterocycles. The number of rotatable bonds is 6. The van der Waals surface area contributed by atoms with Crippen LogP contribution in [0.2, 0.25) is 0 Å². The van der Waals surface area contributed by atoms with E-state index in [0.717, 1.165) is 25.0 Å². The SMILES string of the molecule is CN(C(=O)NCCCOc1ccccc1)C1CCCCC1. The van der Waals surface area contributed by atoms with Crippen LogP contribution in [0.25, 0.3) is 0 Å². The van der Waals surface area contributed by atoms with Gasteiger partial charge in [-0.05, 0) is 31.4 Å². The first-order chi connectivity index (χ1) is 10.3. The molecule has 1 fully saturated rings. The van der Waals surface area contributed by atoms with Crippen LogP contribution in [0.3, 0.4) is 0 Å². The van der Waals surface area contributed by atoms with Crippen molar-refractivity contribution < 1.29 is 9.53 Å². The molecule has 2 amide bonds. The summed E-state index contributed by atoms with van der Waals surface area (Å²) < 4.78 is 5.60. The zero-order chi connectivity index (χ0) is 14.9. The van der Waals surface area contributed by atoms with Gasteiger partial charge < -0.3 is 15.0 Å². The molecule has 0 unspecified atom stereocenters. The standard InChI is InChI=1S/C17H26N2O2/c1-19(15-9-4-2-5-10-15)17(20)18-13-8-14-21-16-11-6-3-7-12-16/h3,6-7,11-12,15H,2,4-5,8-10,13-14H2,1H3,(H,18,20). The van der Waals surface area contributed by atoms with Gasteiger partial charge in [-0.1, -0.05) is 37.5 Å². The smallest absolute Gasteiger partial charge is 0.317 e. The third kappa shape index (κ3) is 5.29. The molecule has 0 radical (unpaired) electrons. The van der Waals surface area contributed by atoms with Crippen LogP contribution >= 0.6 is 0 Å². The van der Waals surface area contributed by atoms with Crippen LogP contribution in [0.15, 0.2) is 30.3 Å². The number of hydrogen-bond acceptors (Lipinski definition) is 2. The quantitative estimate of drug-likeness (QED) is 0.816. The molecule has 116 valence electrons. The number of urea groups is 1. The maximum absolute atomic E-state index is 12.0. The van der Waals surface area contributed by atoms with E-state index in [9.17, 15) is 4.79 Å². The molecule has 0 bridgehead atoms. The molecule has 4 heteroatoms. The van der Waals surface area contributed by atoms with Crippen molar-refractivity contribution >= 4 is 6.03 Å². The molecule has 0 saturated heterocycles. The Morgan fingerprint density at radius 2 is 1.95 bits per heavy atom.